The lowest BCUT2D eigenvalue weighted by molar-refractivity contribution is -0.138. The maximum Gasteiger partial charge on any atom is 0.320 e. The summed E-state index contributed by atoms with van der Waals surface area (Å²) in [6.07, 6.45) is 0.339. The lowest BCUT2D eigenvalue weighted by Crippen LogP contribution is -2.45. The summed E-state index contributed by atoms with van der Waals surface area (Å²) in [5.41, 5.74) is 12.8. The number of nitrogens with zero attached hydrogens (tertiary/aromatic N) is 2. The number of rotatable bonds is 7. The van der Waals surface area contributed by atoms with E-state index in [9.17, 15) is 4.79 Å². The molecule has 1 saturated heterocycles. The van der Waals surface area contributed by atoms with Crippen molar-refractivity contribution in [3.63, 3.8) is 0 Å². The summed E-state index contributed by atoms with van der Waals surface area (Å²) in [4.78, 5) is 15.9. The number of piperazine rings is 1. The maximum absolute atomic E-state index is 10.9. The van der Waals surface area contributed by atoms with E-state index >= 15 is 0 Å². The normalized spacial score (nSPS) is 14.8. The van der Waals surface area contributed by atoms with Crippen LogP contribution in [0.1, 0.15) is 30.5 Å². The van der Waals surface area contributed by atoms with Crippen LogP contribution >= 0.6 is 0 Å². The Hall–Kier alpha value is -3.15. The van der Waals surface area contributed by atoms with Crippen LogP contribution in [0.5, 0.6) is 0 Å². The second kappa shape index (κ2) is 12.4. The average Bonchev–Trinajstić information content (AvgIpc) is 2.87. The van der Waals surface area contributed by atoms with Gasteiger partial charge in [0.15, 0.2) is 0 Å². The number of carbonyl (C=O) groups is 1. The smallest absolute Gasteiger partial charge is 0.320 e. The molecule has 1 aliphatic heterocycles. The third-order valence-electron chi connectivity index (χ3n) is 6.19. The predicted molar refractivity (Wildman–Crippen MR) is 141 cm³/mol. The van der Waals surface area contributed by atoms with Crippen molar-refractivity contribution >= 4 is 11.7 Å². The van der Waals surface area contributed by atoms with Crippen molar-refractivity contribution < 1.29 is 9.90 Å². The second-order valence-electron chi connectivity index (χ2n) is 8.64. The molecular weight excluding hydrogens is 422 g/mol. The molecule has 34 heavy (non-hydrogen) atoms. The Bertz CT molecular complexity index is 1020. The van der Waals surface area contributed by atoms with Gasteiger partial charge in [0.25, 0.3) is 0 Å². The molecule has 0 aromatic heterocycles. The van der Waals surface area contributed by atoms with E-state index in [-0.39, 0.29) is 0 Å². The molecule has 0 amide bonds. The lowest BCUT2D eigenvalue weighted by atomic mass is 10.00. The zero-order valence-corrected chi connectivity index (χ0v) is 20.6. The number of benzene rings is 3. The highest BCUT2D eigenvalue weighted by Crippen LogP contribution is 2.22. The summed E-state index contributed by atoms with van der Waals surface area (Å²) in [5, 5.41) is 8.96. The number of anilines is 1. The molecule has 0 saturated carbocycles. The second-order valence-corrected chi connectivity index (χ2v) is 8.64. The third-order valence-corrected chi connectivity index (χ3v) is 6.19. The topological polar surface area (TPSA) is 69.8 Å². The molecule has 4 rings (SSSR count). The first-order chi connectivity index (χ1) is 16.5. The molecule has 1 unspecified atom stereocenters. The fourth-order valence-electron chi connectivity index (χ4n) is 4.16. The Kier molecular flexibility index (Phi) is 9.25. The SMILES string of the molecule is CC.Cc1ccc(N2CCN(Cc3ccc(-c4ccc(CC(N)C(=O)O)cc4)cc3)CC2)cc1. The number of hydrogen-bond acceptors (Lipinski definition) is 4. The van der Waals surface area contributed by atoms with Crippen molar-refractivity contribution in [2.75, 3.05) is 31.1 Å². The van der Waals surface area contributed by atoms with Gasteiger partial charge in [-0.15, -0.1) is 0 Å². The predicted octanol–water partition coefficient (Wildman–Crippen LogP) is 4.96. The van der Waals surface area contributed by atoms with Crippen LogP contribution in [0.2, 0.25) is 0 Å². The van der Waals surface area contributed by atoms with Gasteiger partial charge in [0.2, 0.25) is 0 Å². The van der Waals surface area contributed by atoms with Gasteiger partial charge in [-0.2, -0.15) is 0 Å². The molecule has 1 aliphatic rings. The van der Waals surface area contributed by atoms with Gasteiger partial charge in [0.1, 0.15) is 6.04 Å². The minimum atomic E-state index is -0.971. The number of aliphatic carboxylic acids is 1. The summed E-state index contributed by atoms with van der Waals surface area (Å²) < 4.78 is 0. The van der Waals surface area contributed by atoms with Crippen molar-refractivity contribution in [1.29, 1.82) is 0 Å². The molecule has 0 radical (unpaired) electrons. The molecule has 180 valence electrons. The first-order valence-electron chi connectivity index (χ1n) is 12.2. The van der Waals surface area contributed by atoms with E-state index in [2.05, 4.69) is 65.3 Å². The van der Waals surface area contributed by atoms with E-state index < -0.39 is 12.0 Å². The van der Waals surface area contributed by atoms with E-state index in [0.29, 0.717) is 6.42 Å². The van der Waals surface area contributed by atoms with Crippen LogP contribution in [-0.2, 0) is 17.8 Å². The molecule has 1 fully saturated rings. The summed E-state index contributed by atoms with van der Waals surface area (Å²) in [6, 6.07) is 24.7. The molecule has 3 aromatic rings. The van der Waals surface area contributed by atoms with Crippen LogP contribution < -0.4 is 10.6 Å². The van der Waals surface area contributed by atoms with Gasteiger partial charge >= 0.3 is 5.97 Å². The maximum atomic E-state index is 10.9. The lowest BCUT2D eigenvalue weighted by Gasteiger charge is -2.36. The molecule has 0 aliphatic carbocycles. The highest BCUT2D eigenvalue weighted by atomic mass is 16.4. The van der Waals surface area contributed by atoms with E-state index in [0.717, 1.165) is 49.4 Å². The molecule has 1 atom stereocenters. The molecular formula is C29H37N3O2. The Labute approximate surface area is 203 Å². The fraction of sp³-hybridized carbons (Fsp3) is 0.345. The van der Waals surface area contributed by atoms with Crippen LogP contribution in [0.15, 0.2) is 72.8 Å². The van der Waals surface area contributed by atoms with E-state index in [1.165, 1.54) is 16.8 Å². The van der Waals surface area contributed by atoms with Crippen LogP contribution in [0.4, 0.5) is 5.69 Å². The number of aryl methyl sites for hydroxylation is 1. The first kappa shape index (κ1) is 25.5. The molecule has 1 heterocycles. The van der Waals surface area contributed by atoms with Crippen molar-refractivity contribution in [2.24, 2.45) is 5.73 Å². The molecule has 5 nitrogen and oxygen atoms in total. The summed E-state index contributed by atoms with van der Waals surface area (Å²) >= 11 is 0. The van der Waals surface area contributed by atoms with Crippen molar-refractivity contribution in [3.05, 3.63) is 89.5 Å². The Morgan fingerprint density at radius 2 is 1.32 bits per heavy atom. The number of nitrogens with two attached hydrogens (primary N) is 1. The van der Waals surface area contributed by atoms with Gasteiger partial charge in [-0.05, 0) is 47.7 Å². The van der Waals surface area contributed by atoms with Gasteiger partial charge in [-0.25, -0.2) is 0 Å². The van der Waals surface area contributed by atoms with Gasteiger partial charge in [-0.3, -0.25) is 9.69 Å². The molecule has 3 N–H and O–H groups in total. The molecule has 3 aromatic carbocycles. The van der Waals surface area contributed by atoms with Crippen LogP contribution in [0, 0.1) is 6.92 Å². The van der Waals surface area contributed by atoms with Crippen molar-refractivity contribution in [2.45, 2.75) is 39.8 Å². The minimum Gasteiger partial charge on any atom is -0.480 e. The summed E-state index contributed by atoms with van der Waals surface area (Å²) in [7, 11) is 0. The van der Waals surface area contributed by atoms with Crippen molar-refractivity contribution in [3.8, 4) is 11.1 Å². The van der Waals surface area contributed by atoms with E-state index in [1.807, 2.05) is 38.1 Å². The number of carboxylic acids is 1. The van der Waals surface area contributed by atoms with Crippen molar-refractivity contribution in [1.82, 2.24) is 4.90 Å². The molecule has 0 bridgehead atoms. The highest BCUT2D eigenvalue weighted by Gasteiger charge is 2.17. The van der Waals surface area contributed by atoms with Gasteiger partial charge < -0.3 is 15.7 Å². The largest absolute Gasteiger partial charge is 0.480 e. The Morgan fingerprint density at radius 3 is 1.82 bits per heavy atom. The van der Waals surface area contributed by atoms with Crippen LogP contribution in [-0.4, -0.2) is 48.2 Å². The Balaban J connectivity index is 0.00000158. The van der Waals surface area contributed by atoms with E-state index in [1.54, 1.807) is 0 Å². The van der Waals surface area contributed by atoms with E-state index in [4.69, 9.17) is 10.8 Å². The number of hydrogen-bond donors (Lipinski definition) is 2. The highest BCUT2D eigenvalue weighted by molar-refractivity contribution is 5.73. The van der Waals surface area contributed by atoms with Crippen LogP contribution in [0.3, 0.4) is 0 Å². The number of carboxylic acid groups (broad SMARTS) is 1. The first-order valence-corrected chi connectivity index (χ1v) is 12.2. The summed E-state index contributed by atoms with van der Waals surface area (Å²) in [5.74, 6) is -0.971. The Morgan fingerprint density at radius 1 is 0.824 bits per heavy atom. The monoisotopic (exact) mass is 459 g/mol. The van der Waals surface area contributed by atoms with Crippen LogP contribution in [0.25, 0.3) is 11.1 Å². The zero-order valence-electron chi connectivity index (χ0n) is 20.6. The molecule has 0 spiro atoms. The van der Waals surface area contributed by atoms with Gasteiger partial charge in [0.05, 0.1) is 0 Å². The quantitative estimate of drug-likeness (QED) is 0.522. The zero-order chi connectivity index (χ0) is 24.5. The minimum absolute atomic E-state index is 0.339. The average molecular weight is 460 g/mol. The standard InChI is InChI=1S/C27H31N3O2.C2H6/c1-20-2-12-25(13-3-20)30-16-14-29(15-17-30)19-22-6-10-24(11-7-22)23-8-4-21(5-9-23)18-26(28)27(31)32;1-2/h2-13,26H,14-19,28H2,1H3,(H,31,32);1-2H3. The van der Waals surface area contributed by atoms with Gasteiger partial charge in [0, 0.05) is 38.4 Å². The summed E-state index contributed by atoms with van der Waals surface area (Å²) in [6.45, 7) is 11.3. The molecule has 5 heteroatoms. The van der Waals surface area contributed by atoms with Gasteiger partial charge in [-0.1, -0.05) is 80.1 Å². The fourth-order valence-corrected chi connectivity index (χ4v) is 4.16. The third kappa shape index (κ3) is 6.92.